The second-order valence-electron chi connectivity index (χ2n) is 3.65. The molecule has 4 heteroatoms. The Kier molecular flexibility index (Phi) is 3.07. The van der Waals surface area contributed by atoms with Crippen LogP contribution in [0.3, 0.4) is 0 Å². The first-order valence-corrected chi connectivity index (χ1v) is 5.02. The van der Waals surface area contributed by atoms with Crippen LogP contribution in [0.25, 0.3) is 0 Å². The van der Waals surface area contributed by atoms with Gasteiger partial charge in [-0.2, -0.15) is 13.2 Å². The van der Waals surface area contributed by atoms with Gasteiger partial charge in [-0.25, -0.2) is 0 Å². The number of alkyl halides is 4. The van der Waals surface area contributed by atoms with E-state index in [9.17, 15) is 13.2 Å². The molecule has 0 aromatic heterocycles. The molecule has 0 aromatic carbocycles. The first kappa shape index (κ1) is 10.4. The van der Waals surface area contributed by atoms with Crippen LogP contribution in [-0.2, 0) is 0 Å². The van der Waals surface area contributed by atoms with Crippen molar-refractivity contribution in [3.05, 3.63) is 0 Å². The summed E-state index contributed by atoms with van der Waals surface area (Å²) in [4.78, 5) is 0.0490. The van der Waals surface area contributed by atoms with Crippen molar-refractivity contribution in [3.8, 4) is 0 Å². The van der Waals surface area contributed by atoms with Crippen LogP contribution in [-0.4, -0.2) is 11.0 Å². The number of halogens is 4. The molecule has 0 radical (unpaired) electrons. The van der Waals surface area contributed by atoms with Crippen molar-refractivity contribution >= 4 is 15.9 Å². The first-order chi connectivity index (χ1) is 5.39. The minimum Gasteiger partial charge on any atom is -0.171 e. The maximum Gasteiger partial charge on any atom is 0.391 e. The molecule has 0 amide bonds. The Labute approximate surface area is 78.7 Å². The number of hydrogen-bond acceptors (Lipinski definition) is 0. The highest BCUT2D eigenvalue weighted by atomic mass is 79.9. The summed E-state index contributed by atoms with van der Waals surface area (Å²) >= 11 is 3.26. The fourth-order valence-corrected chi connectivity index (χ4v) is 2.88. The molecule has 0 heterocycles. The van der Waals surface area contributed by atoms with Gasteiger partial charge in [0.25, 0.3) is 0 Å². The van der Waals surface area contributed by atoms with Crippen LogP contribution in [0.15, 0.2) is 0 Å². The molecule has 0 aromatic rings. The fourth-order valence-electron chi connectivity index (χ4n) is 1.79. The maximum atomic E-state index is 12.3. The summed E-state index contributed by atoms with van der Waals surface area (Å²) in [6.45, 7) is 1.88. The highest BCUT2D eigenvalue weighted by molar-refractivity contribution is 9.09. The third kappa shape index (κ3) is 2.64. The van der Waals surface area contributed by atoms with Gasteiger partial charge in [0.1, 0.15) is 0 Å². The molecule has 0 spiro atoms. The highest BCUT2D eigenvalue weighted by Crippen LogP contribution is 2.41. The quantitative estimate of drug-likeness (QED) is 0.570. The lowest BCUT2D eigenvalue weighted by atomic mass is 9.82. The Bertz CT molecular complexity index is 145. The van der Waals surface area contributed by atoms with Crippen LogP contribution in [0.5, 0.6) is 0 Å². The van der Waals surface area contributed by atoms with Crippen molar-refractivity contribution in [2.75, 3.05) is 0 Å². The van der Waals surface area contributed by atoms with Gasteiger partial charge in [-0.15, -0.1) is 0 Å². The van der Waals surface area contributed by atoms with Crippen LogP contribution < -0.4 is 0 Å². The molecular formula is C8H12BrF3. The Hall–Kier alpha value is 0.270. The maximum absolute atomic E-state index is 12.3. The molecule has 72 valence electrons. The molecule has 0 saturated heterocycles. The lowest BCUT2D eigenvalue weighted by molar-refractivity contribution is -0.184. The van der Waals surface area contributed by atoms with Gasteiger partial charge in [0, 0.05) is 4.83 Å². The van der Waals surface area contributed by atoms with Crippen LogP contribution in [0.1, 0.15) is 26.2 Å². The van der Waals surface area contributed by atoms with Gasteiger partial charge in [0.2, 0.25) is 0 Å². The van der Waals surface area contributed by atoms with Gasteiger partial charge in [0.15, 0.2) is 0 Å². The minimum absolute atomic E-state index is 0.0490. The van der Waals surface area contributed by atoms with E-state index in [1.807, 2.05) is 6.92 Å². The van der Waals surface area contributed by atoms with Crippen molar-refractivity contribution in [1.82, 2.24) is 0 Å². The summed E-state index contributed by atoms with van der Waals surface area (Å²) in [7, 11) is 0. The van der Waals surface area contributed by atoms with E-state index in [2.05, 4.69) is 15.9 Å². The predicted molar refractivity (Wildman–Crippen MR) is 45.3 cm³/mol. The lowest BCUT2D eigenvalue weighted by Crippen LogP contribution is -2.32. The Balaban J connectivity index is 2.55. The molecule has 0 bridgehead atoms. The Morgan fingerprint density at radius 1 is 1.17 bits per heavy atom. The molecule has 0 N–H and O–H groups in total. The van der Waals surface area contributed by atoms with Crippen molar-refractivity contribution in [2.45, 2.75) is 37.2 Å². The molecule has 3 unspecified atom stereocenters. The molecule has 3 atom stereocenters. The molecule has 0 aliphatic heterocycles. The summed E-state index contributed by atoms with van der Waals surface area (Å²) in [5, 5.41) is 0. The van der Waals surface area contributed by atoms with Crippen LogP contribution >= 0.6 is 15.9 Å². The second kappa shape index (κ2) is 3.56. The molecule has 1 rings (SSSR count). The minimum atomic E-state index is -4.00. The predicted octanol–water partition coefficient (Wildman–Crippen LogP) is 3.75. The van der Waals surface area contributed by atoms with E-state index < -0.39 is 12.1 Å². The molecule has 0 nitrogen and oxygen atoms in total. The number of rotatable bonds is 0. The summed E-state index contributed by atoms with van der Waals surface area (Å²) in [5.41, 5.74) is 0. The standard InChI is InChI=1S/C8H12BrF3/c1-5-2-6(8(10,11)12)4-7(9)3-5/h5-7H,2-4H2,1H3. The van der Waals surface area contributed by atoms with Gasteiger partial charge in [-0.1, -0.05) is 22.9 Å². The molecule has 1 aliphatic carbocycles. The second-order valence-corrected chi connectivity index (χ2v) is 4.94. The van der Waals surface area contributed by atoms with E-state index in [1.54, 1.807) is 0 Å². The van der Waals surface area contributed by atoms with E-state index in [0.717, 1.165) is 6.42 Å². The van der Waals surface area contributed by atoms with Crippen molar-refractivity contribution in [1.29, 1.82) is 0 Å². The molecule has 1 saturated carbocycles. The van der Waals surface area contributed by atoms with E-state index in [1.165, 1.54) is 0 Å². The zero-order chi connectivity index (χ0) is 9.35. The van der Waals surface area contributed by atoms with Crippen molar-refractivity contribution in [3.63, 3.8) is 0 Å². The molecule has 1 fully saturated rings. The van der Waals surface area contributed by atoms with Gasteiger partial charge < -0.3 is 0 Å². The number of hydrogen-bond donors (Lipinski definition) is 0. The third-order valence-electron chi connectivity index (χ3n) is 2.35. The largest absolute Gasteiger partial charge is 0.391 e. The normalized spacial score (nSPS) is 38.2. The third-order valence-corrected chi connectivity index (χ3v) is 3.10. The van der Waals surface area contributed by atoms with Crippen LogP contribution in [0, 0.1) is 11.8 Å². The van der Waals surface area contributed by atoms with Crippen LogP contribution in [0.2, 0.25) is 0 Å². The van der Waals surface area contributed by atoms with Crippen molar-refractivity contribution < 1.29 is 13.2 Å². The molecule has 12 heavy (non-hydrogen) atoms. The average Bonchev–Trinajstić information content (AvgIpc) is 1.82. The summed E-state index contributed by atoms with van der Waals surface area (Å²) in [6, 6.07) is 0. The van der Waals surface area contributed by atoms with Gasteiger partial charge in [-0.05, 0) is 25.2 Å². The van der Waals surface area contributed by atoms with E-state index in [0.29, 0.717) is 6.42 Å². The van der Waals surface area contributed by atoms with Crippen LogP contribution in [0.4, 0.5) is 13.2 Å². The monoisotopic (exact) mass is 244 g/mol. The van der Waals surface area contributed by atoms with E-state index >= 15 is 0 Å². The molecule has 1 aliphatic rings. The zero-order valence-corrected chi connectivity index (χ0v) is 8.45. The summed E-state index contributed by atoms with van der Waals surface area (Å²) in [5.74, 6) is -0.902. The Morgan fingerprint density at radius 3 is 2.17 bits per heavy atom. The van der Waals surface area contributed by atoms with E-state index in [-0.39, 0.29) is 17.2 Å². The fraction of sp³-hybridized carbons (Fsp3) is 1.00. The van der Waals surface area contributed by atoms with E-state index in [4.69, 9.17) is 0 Å². The average molecular weight is 245 g/mol. The Morgan fingerprint density at radius 2 is 1.75 bits per heavy atom. The smallest absolute Gasteiger partial charge is 0.171 e. The topological polar surface area (TPSA) is 0 Å². The molecular weight excluding hydrogens is 233 g/mol. The highest BCUT2D eigenvalue weighted by Gasteiger charge is 2.43. The van der Waals surface area contributed by atoms with Gasteiger partial charge in [0.05, 0.1) is 5.92 Å². The van der Waals surface area contributed by atoms with Crippen molar-refractivity contribution in [2.24, 2.45) is 11.8 Å². The SMILES string of the molecule is CC1CC(Br)CC(C(F)(F)F)C1. The summed E-state index contributed by atoms with van der Waals surface area (Å²) in [6.07, 6.45) is -2.59. The first-order valence-electron chi connectivity index (χ1n) is 4.10. The van der Waals surface area contributed by atoms with Gasteiger partial charge >= 0.3 is 6.18 Å². The van der Waals surface area contributed by atoms with Gasteiger partial charge in [-0.3, -0.25) is 0 Å². The zero-order valence-electron chi connectivity index (χ0n) is 6.87. The lowest BCUT2D eigenvalue weighted by Gasteiger charge is -2.31. The summed E-state index contributed by atoms with van der Waals surface area (Å²) < 4.78 is 36.8.